The van der Waals surface area contributed by atoms with Gasteiger partial charge in [-0.2, -0.15) is 0 Å². The predicted octanol–water partition coefficient (Wildman–Crippen LogP) is 3.56. The van der Waals surface area contributed by atoms with E-state index in [4.69, 9.17) is 4.74 Å². The molecular weight excluding hydrogens is 552 g/mol. The van der Waals surface area contributed by atoms with Crippen LogP contribution in [0.3, 0.4) is 0 Å². The number of amides is 5. The minimum atomic E-state index is -0.858. The van der Waals surface area contributed by atoms with Gasteiger partial charge in [-0.05, 0) is 49.3 Å². The molecule has 1 aromatic carbocycles. The second-order valence-electron chi connectivity index (χ2n) is 12.2. The van der Waals surface area contributed by atoms with Crippen LogP contribution in [-0.2, 0) is 40.1 Å². The van der Waals surface area contributed by atoms with Crippen LogP contribution in [-0.4, -0.2) is 59.0 Å². The van der Waals surface area contributed by atoms with E-state index >= 15 is 0 Å². The van der Waals surface area contributed by atoms with Crippen LogP contribution in [0.5, 0.6) is 0 Å². The van der Waals surface area contributed by atoms with Crippen molar-refractivity contribution in [1.29, 1.82) is 0 Å². The van der Waals surface area contributed by atoms with Crippen LogP contribution < -0.4 is 16.0 Å². The van der Waals surface area contributed by atoms with E-state index in [1.165, 1.54) is 4.90 Å². The van der Waals surface area contributed by atoms with Crippen LogP contribution >= 0.6 is 0 Å². The quantitative estimate of drug-likeness (QED) is 0.149. The second-order valence-corrected chi connectivity index (χ2v) is 12.2. The number of nitrogens with one attached hydrogen (secondary N) is 3. The first-order chi connectivity index (χ1) is 20.2. The van der Waals surface area contributed by atoms with E-state index in [-0.39, 0.29) is 66.8 Å². The maximum absolute atomic E-state index is 12.9. The highest BCUT2D eigenvalue weighted by Crippen LogP contribution is 2.26. The number of likely N-dealkylation sites (tertiary alicyclic amines) is 1. The smallest absolute Gasteiger partial charge is 0.308 e. The van der Waals surface area contributed by atoms with Crippen molar-refractivity contribution in [2.75, 3.05) is 11.9 Å². The Labute approximate surface area is 254 Å². The Morgan fingerprint density at radius 3 is 2.09 bits per heavy atom. The van der Waals surface area contributed by atoms with Crippen molar-refractivity contribution >= 4 is 41.2 Å². The Bertz CT molecular complexity index is 1150. The number of ether oxygens (including phenoxy) is 1. The molecule has 3 atom stereocenters. The summed E-state index contributed by atoms with van der Waals surface area (Å²) in [4.78, 5) is 75.8. The lowest BCUT2D eigenvalue weighted by Crippen LogP contribution is -2.53. The van der Waals surface area contributed by atoms with Gasteiger partial charge < -0.3 is 20.7 Å². The molecule has 0 aliphatic carbocycles. The van der Waals surface area contributed by atoms with Crippen LogP contribution in [0.4, 0.5) is 5.69 Å². The third kappa shape index (κ3) is 11.1. The van der Waals surface area contributed by atoms with Gasteiger partial charge in [0.05, 0.1) is 5.92 Å². The Kier molecular flexibility index (Phi) is 13.8. The van der Waals surface area contributed by atoms with Gasteiger partial charge in [-0.1, -0.05) is 60.1 Å². The molecule has 2 unspecified atom stereocenters. The molecule has 2 rings (SSSR count). The van der Waals surface area contributed by atoms with Crippen LogP contribution in [0.2, 0.25) is 0 Å². The zero-order chi connectivity index (χ0) is 32.3. The van der Waals surface area contributed by atoms with Crippen molar-refractivity contribution in [2.45, 2.75) is 99.3 Å². The van der Waals surface area contributed by atoms with Crippen LogP contribution in [0.25, 0.3) is 0 Å². The van der Waals surface area contributed by atoms with Gasteiger partial charge in [0.15, 0.2) is 0 Å². The number of benzene rings is 1. The molecule has 238 valence electrons. The van der Waals surface area contributed by atoms with Gasteiger partial charge in [0, 0.05) is 31.0 Å². The minimum Gasteiger partial charge on any atom is -0.461 e. The molecule has 0 radical (unpaired) electrons. The van der Waals surface area contributed by atoms with E-state index in [9.17, 15) is 28.8 Å². The summed E-state index contributed by atoms with van der Waals surface area (Å²) < 4.78 is 5.20. The molecule has 1 heterocycles. The average Bonchev–Trinajstić information content (AvgIpc) is 3.23. The Morgan fingerprint density at radius 1 is 0.884 bits per heavy atom. The van der Waals surface area contributed by atoms with Gasteiger partial charge in [-0.25, -0.2) is 0 Å². The SMILES string of the molecule is CC(C)C(=O)OCc1ccc(NC(=O)[C@@H](C)NC(=O)C(NC(=O)CCCCCN2C(=O)CC(C(C)C)C2=O)C(C)C)cc1. The van der Waals surface area contributed by atoms with Crippen molar-refractivity contribution in [3.63, 3.8) is 0 Å². The summed E-state index contributed by atoms with van der Waals surface area (Å²) in [6.45, 7) is 13.1. The predicted molar refractivity (Wildman–Crippen MR) is 162 cm³/mol. The number of anilines is 1. The number of hydrogen-bond acceptors (Lipinski definition) is 7. The normalized spacial score (nSPS) is 16.4. The molecule has 1 saturated heterocycles. The minimum absolute atomic E-state index is 0.106. The lowest BCUT2D eigenvalue weighted by Gasteiger charge is -2.24. The average molecular weight is 601 g/mol. The summed E-state index contributed by atoms with van der Waals surface area (Å²) in [5.41, 5.74) is 1.30. The van der Waals surface area contributed by atoms with Crippen LogP contribution in [0.1, 0.15) is 86.1 Å². The number of esters is 1. The number of carbonyl (C=O) groups excluding carboxylic acids is 6. The fourth-order valence-corrected chi connectivity index (χ4v) is 4.60. The topological polar surface area (TPSA) is 151 Å². The number of nitrogens with zero attached hydrogens (tertiary/aromatic N) is 1. The van der Waals surface area contributed by atoms with Crippen LogP contribution in [0, 0.1) is 23.7 Å². The van der Waals surface area contributed by atoms with Gasteiger partial charge in [0.25, 0.3) is 0 Å². The molecule has 0 spiro atoms. The van der Waals surface area contributed by atoms with Crippen molar-refractivity contribution in [1.82, 2.24) is 15.5 Å². The lowest BCUT2D eigenvalue weighted by molar-refractivity contribution is -0.148. The highest BCUT2D eigenvalue weighted by molar-refractivity contribution is 6.03. The summed E-state index contributed by atoms with van der Waals surface area (Å²) in [5, 5.41) is 8.19. The summed E-state index contributed by atoms with van der Waals surface area (Å²) in [6.07, 6.45) is 2.31. The molecular formula is C32H48N4O7. The van der Waals surface area contributed by atoms with Gasteiger partial charge in [0.1, 0.15) is 18.7 Å². The molecule has 11 heteroatoms. The largest absolute Gasteiger partial charge is 0.461 e. The molecule has 0 saturated carbocycles. The second kappa shape index (κ2) is 16.8. The third-order valence-corrected chi connectivity index (χ3v) is 7.46. The molecule has 43 heavy (non-hydrogen) atoms. The highest BCUT2D eigenvalue weighted by Gasteiger charge is 2.39. The van der Waals surface area contributed by atoms with Gasteiger partial charge >= 0.3 is 5.97 Å². The Morgan fingerprint density at radius 2 is 1.53 bits per heavy atom. The number of carbonyl (C=O) groups is 6. The zero-order valence-corrected chi connectivity index (χ0v) is 26.5. The molecule has 1 aromatic rings. The maximum Gasteiger partial charge on any atom is 0.308 e. The summed E-state index contributed by atoms with van der Waals surface area (Å²) in [5.74, 6) is -2.23. The van der Waals surface area contributed by atoms with E-state index in [2.05, 4.69) is 16.0 Å². The molecule has 0 bridgehead atoms. The number of hydrogen-bond donors (Lipinski definition) is 3. The molecule has 0 aromatic heterocycles. The van der Waals surface area contributed by atoms with Crippen molar-refractivity contribution in [3.8, 4) is 0 Å². The van der Waals surface area contributed by atoms with Crippen molar-refractivity contribution < 1.29 is 33.5 Å². The first-order valence-corrected chi connectivity index (χ1v) is 15.2. The fraction of sp³-hybridized carbons (Fsp3) is 0.625. The number of imide groups is 1. The Balaban J connectivity index is 1.76. The molecule has 11 nitrogen and oxygen atoms in total. The monoisotopic (exact) mass is 600 g/mol. The molecule has 1 aliphatic heterocycles. The molecule has 3 N–H and O–H groups in total. The molecule has 1 aliphatic rings. The summed E-state index contributed by atoms with van der Waals surface area (Å²) in [6, 6.07) is 5.18. The van der Waals surface area contributed by atoms with E-state index in [0.717, 1.165) is 5.56 Å². The maximum atomic E-state index is 12.9. The molecule has 5 amide bonds. The van der Waals surface area contributed by atoms with E-state index in [0.29, 0.717) is 31.5 Å². The van der Waals surface area contributed by atoms with Crippen molar-refractivity contribution in [3.05, 3.63) is 29.8 Å². The Hall–Kier alpha value is -3.76. The summed E-state index contributed by atoms with van der Waals surface area (Å²) in [7, 11) is 0. The number of rotatable bonds is 16. The standard InChI is InChI=1S/C32H48N4O7/c1-19(2)25-17-27(38)36(31(25)41)16-10-8-9-11-26(37)35-28(20(3)4)30(40)33-22(7)29(39)34-24-14-12-23(13-15-24)18-43-32(42)21(5)6/h12-15,19-22,25,28H,8-11,16-18H2,1-7H3,(H,33,40)(H,34,39)(H,35,37)/t22-,25?,28?/m1/s1. The summed E-state index contributed by atoms with van der Waals surface area (Å²) >= 11 is 0. The van der Waals surface area contributed by atoms with E-state index < -0.39 is 23.9 Å². The van der Waals surface area contributed by atoms with Gasteiger partial charge in [-0.3, -0.25) is 33.7 Å². The van der Waals surface area contributed by atoms with Gasteiger partial charge in [0.2, 0.25) is 29.5 Å². The first kappa shape index (κ1) is 35.4. The molecule has 1 fully saturated rings. The van der Waals surface area contributed by atoms with E-state index in [1.54, 1.807) is 45.0 Å². The van der Waals surface area contributed by atoms with Gasteiger partial charge in [-0.15, -0.1) is 0 Å². The first-order valence-electron chi connectivity index (χ1n) is 15.2. The fourth-order valence-electron chi connectivity index (χ4n) is 4.60. The van der Waals surface area contributed by atoms with Crippen LogP contribution in [0.15, 0.2) is 24.3 Å². The lowest BCUT2D eigenvalue weighted by atomic mass is 9.94. The highest BCUT2D eigenvalue weighted by atomic mass is 16.5. The zero-order valence-electron chi connectivity index (χ0n) is 26.5. The number of unbranched alkanes of at least 4 members (excludes halogenated alkanes) is 2. The van der Waals surface area contributed by atoms with Crippen molar-refractivity contribution in [2.24, 2.45) is 23.7 Å². The third-order valence-electron chi connectivity index (χ3n) is 7.46. The van der Waals surface area contributed by atoms with E-state index in [1.807, 2.05) is 27.7 Å².